The first-order chi connectivity index (χ1) is 19.0. The smallest absolute Gasteiger partial charge is 0.253 e. The second-order valence-corrected chi connectivity index (χ2v) is 17.1. The van der Waals surface area contributed by atoms with Crippen LogP contribution in [0.3, 0.4) is 0 Å². The van der Waals surface area contributed by atoms with Gasteiger partial charge in [-0.05, 0) is 79.5 Å². The van der Waals surface area contributed by atoms with Gasteiger partial charge in [0.25, 0.3) is 5.91 Å². The first kappa shape index (κ1) is 30.1. The molecule has 4 rings (SSSR count). The summed E-state index contributed by atoms with van der Waals surface area (Å²) in [6.07, 6.45) is 1.75. The van der Waals surface area contributed by atoms with E-state index in [-0.39, 0.29) is 17.0 Å². The van der Waals surface area contributed by atoms with Crippen molar-refractivity contribution in [3.05, 3.63) is 89.4 Å². The summed E-state index contributed by atoms with van der Waals surface area (Å²) in [5, 5.41) is 0.125. The van der Waals surface area contributed by atoms with Gasteiger partial charge in [0, 0.05) is 44.8 Å². The molecule has 40 heavy (non-hydrogen) atoms. The summed E-state index contributed by atoms with van der Waals surface area (Å²) in [6.45, 7) is 21.5. The maximum atomic E-state index is 13.0. The van der Waals surface area contributed by atoms with E-state index < -0.39 is 8.32 Å². The number of hydrogen-bond donors (Lipinski definition) is 0. The number of carbonyl (C=O) groups excluding carboxylic acids is 1. The van der Waals surface area contributed by atoms with Gasteiger partial charge in [0.05, 0.1) is 18.8 Å². The predicted octanol–water partition coefficient (Wildman–Crippen LogP) is 7.05. The average molecular weight is 562 g/mol. The molecule has 1 aromatic heterocycles. The van der Waals surface area contributed by atoms with Gasteiger partial charge in [0.2, 0.25) is 8.32 Å². The average Bonchev–Trinajstić information content (AvgIpc) is 3.43. The zero-order valence-electron chi connectivity index (χ0n) is 25.4. The molecular formula is C33H47N3O3Si. The molecule has 2 heterocycles. The van der Waals surface area contributed by atoms with E-state index in [9.17, 15) is 4.79 Å². The molecule has 0 spiro atoms. The third-order valence-corrected chi connectivity index (χ3v) is 13.0. The lowest BCUT2D eigenvalue weighted by Gasteiger charge is -2.40. The molecule has 7 heteroatoms. The third kappa shape index (κ3) is 7.06. The van der Waals surface area contributed by atoms with Crippen LogP contribution in [0, 0.1) is 0 Å². The molecule has 216 valence electrons. The van der Waals surface area contributed by atoms with Crippen molar-refractivity contribution in [2.75, 3.05) is 39.3 Å². The predicted molar refractivity (Wildman–Crippen MR) is 165 cm³/mol. The lowest BCUT2D eigenvalue weighted by atomic mass is 9.95. The minimum atomic E-state index is -1.97. The summed E-state index contributed by atoms with van der Waals surface area (Å²) >= 11 is 0. The monoisotopic (exact) mass is 561 g/mol. The van der Waals surface area contributed by atoms with Crippen molar-refractivity contribution in [2.45, 2.75) is 65.3 Å². The van der Waals surface area contributed by atoms with E-state index in [1.54, 1.807) is 6.26 Å². The van der Waals surface area contributed by atoms with Gasteiger partial charge < -0.3 is 13.7 Å². The Balaban J connectivity index is 1.61. The van der Waals surface area contributed by atoms with Crippen LogP contribution >= 0.6 is 0 Å². The molecule has 2 aromatic carbocycles. The number of benzene rings is 2. The zero-order chi connectivity index (χ0) is 28.9. The molecule has 0 radical (unpaired) electrons. The van der Waals surface area contributed by atoms with E-state index >= 15 is 0 Å². The van der Waals surface area contributed by atoms with Crippen molar-refractivity contribution in [1.82, 2.24) is 14.7 Å². The molecule has 1 saturated heterocycles. The molecule has 0 bridgehead atoms. The van der Waals surface area contributed by atoms with Crippen molar-refractivity contribution in [3.63, 3.8) is 0 Å². The van der Waals surface area contributed by atoms with Gasteiger partial charge in [-0.3, -0.25) is 14.6 Å². The van der Waals surface area contributed by atoms with Crippen LogP contribution in [0.4, 0.5) is 0 Å². The van der Waals surface area contributed by atoms with E-state index in [2.05, 4.69) is 80.1 Å². The van der Waals surface area contributed by atoms with Crippen LogP contribution in [-0.4, -0.2) is 68.2 Å². The Labute approximate surface area is 242 Å². The van der Waals surface area contributed by atoms with Gasteiger partial charge in [0.1, 0.15) is 11.5 Å². The Morgan fingerprint density at radius 2 is 1.62 bits per heavy atom. The van der Waals surface area contributed by atoms with Crippen LogP contribution < -0.4 is 4.43 Å². The highest BCUT2D eigenvalue weighted by Crippen LogP contribution is 2.39. The van der Waals surface area contributed by atoms with Gasteiger partial charge in [-0.15, -0.1) is 0 Å². The van der Waals surface area contributed by atoms with Gasteiger partial charge in [-0.2, -0.15) is 0 Å². The Hall–Kier alpha value is -2.87. The largest absolute Gasteiger partial charge is 0.543 e. The lowest BCUT2D eigenvalue weighted by Crippen LogP contribution is -2.47. The minimum absolute atomic E-state index is 0.0753. The molecule has 1 aliphatic rings. The highest BCUT2D eigenvalue weighted by molar-refractivity contribution is 6.74. The lowest BCUT2D eigenvalue weighted by molar-refractivity contribution is 0.0772. The van der Waals surface area contributed by atoms with E-state index in [0.29, 0.717) is 13.1 Å². The number of piperazine rings is 1. The Morgan fingerprint density at radius 3 is 2.20 bits per heavy atom. The minimum Gasteiger partial charge on any atom is -0.543 e. The molecule has 0 N–H and O–H groups in total. The second-order valence-electron chi connectivity index (χ2n) is 12.3. The van der Waals surface area contributed by atoms with Crippen LogP contribution in [0.5, 0.6) is 5.75 Å². The Bertz CT molecular complexity index is 1220. The van der Waals surface area contributed by atoms with Gasteiger partial charge >= 0.3 is 0 Å². The van der Waals surface area contributed by atoms with Crippen LogP contribution in [0.2, 0.25) is 18.1 Å². The fourth-order valence-electron chi connectivity index (χ4n) is 5.11. The topological polar surface area (TPSA) is 49.2 Å². The number of hydrogen-bond acceptors (Lipinski definition) is 5. The SMILES string of the molecule is CCN(CC)C(=O)c1ccc(C(c2cccc(O[Si](C)(C)C(C)(C)C)c2)N2CCN(Cc3ccco3)CC2)cc1. The molecule has 1 amide bonds. The van der Waals surface area contributed by atoms with Crippen LogP contribution in [0.25, 0.3) is 0 Å². The molecule has 0 aliphatic carbocycles. The van der Waals surface area contributed by atoms with Gasteiger partial charge in [-0.1, -0.05) is 45.0 Å². The zero-order valence-corrected chi connectivity index (χ0v) is 26.4. The summed E-state index contributed by atoms with van der Waals surface area (Å²) in [6, 6.07) is 21.0. The first-order valence-corrected chi connectivity index (χ1v) is 17.6. The van der Waals surface area contributed by atoms with Crippen LogP contribution in [0.15, 0.2) is 71.3 Å². The number of amides is 1. The quantitative estimate of drug-likeness (QED) is 0.248. The fourth-order valence-corrected chi connectivity index (χ4v) is 6.14. The van der Waals surface area contributed by atoms with E-state index in [4.69, 9.17) is 8.84 Å². The molecule has 1 aliphatic heterocycles. The molecule has 1 atom stereocenters. The van der Waals surface area contributed by atoms with Crippen molar-refractivity contribution in [2.24, 2.45) is 0 Å². The first-order valence-electron chi connectivity index (χ1n) is 14.7. The van der Waals surface area contributed by atoms with Gasteiger partial charge in [-0.25, -0.2) is 0 Å². The molecule has 6 nitrogen and oxygen atoms in total. The van der Waals surface area contributed by atoms with E-state index in [0.717, 1.165) is 49.8 Å². The summed E-state index contributed by atoms with van der Waals surface area (Å²) in [4.78, 5) is 19.9. The van der Waals surface area contributed by atoms with Crippen molar-refractivity contribution < 1.29 is 13.6 Å². The van der Waals surface area contributed by atoms with Crippen LogP contribution in [0.1, 0.15) is 67.9 Å². The van der Waals surface area contributed by atoms with E-state index in [1.807, 2.05) is 43.0 Å². The summed E-state index contributed by atoms with van der Waals surface area (Å²) < 4.78 is 12.3. The molecular weight excluding hydrogens is 514 g/mol. The maximum absolute atomic E-state index is 13.0. The van der Waals surface area contributed by atoms with E-state index in [1.165, 1.54) is 11.1 Å². The number of rotatable bonds is 10. The second kappa shape index (κ2) is 12.8. The normalized spacial score (nSPS) is 16.1. The Morgan fingerprint density at radius 1 is 0.950 bits per heavy atom. The Kier molecular flexibility index (Phi) is 9.59. The van der Waals surface area contributed by atoms with Crippen molar-refractivity contribution >= 4 is 14.2 Å². The number of carbonyl (C=O) groups is 1. The highest BCUT2D eigenvalue weighted by Gasteiger charge is 2.39. The highest BCUT2D eigenvalue weighted by atomic mass is 28.4. The maximum Gasteiger partial charge on any atom is 0.253 e. The van der Waals surface area contributed by atoms with Crippen LogP contribution in [-0.2, 0) is 6.54 Å². The third-order valence-electron chi connectivity index (χ3n) is 8.61. The van der Waals surface area contributed by atoms with Crippen molar-refractivity contribution in [3.8, 4) is 5.75 Å². The summed E-state index contributed by atoms with van der Waals surface area (Å²) in [5.74, 6) is 2.04. The summed E-state index contributed by atoms with van der Waals surface area (Å²) in [5.41, 5.74) is 3.16. The van der Waals surface area contributed by atoms with Crippen molar-refractivity contribution in [1.29, 1.82) is 0 Å². The van der Waals surface area contributed by atoms with Gasteiger partial charge in [0.15, 0.2) is 0 Å². The number of furan rings is 1. The standard InChI is InChI=1S/C33H47N3O3Si/c1-8-35(9-2)32(37)27-17-15-26(16-18-27)31(36-21-19-34(20-22-36)25-30-14-11-23-38-30)28-12-10-13-29(24-28)39-40(6,7)33(3,4)5/h10-18,23-24,31H,8-9,19-22,25H2,1-7H3. The molecule has 0 saturated carbocycles. The summed E-state index contributed by atoms with van der Waals surface area (Å²) in [7, 11) is -1.97. The molecule has 3 aromatic rings. The molecule has 1 fully saturated rings. The fraction of sp³-hybridized carbons (Fsp3) is 0.485. The molecule has 1 unspecified atom stereocenters. The number of nitrogens with zero attached hydrogens (tertiary/aromatic N) is 3.